The van der Waals surface area contributed by atoms with Gasteiger partial charge in [0.25, 0.3) is 5.56 Å². The summed E-state index contributed by atoms with van der Waals surface area (Å²) >= 11 is 0. The van der Waals surface area contributed by atoms with Crippen LogP contribution in [0.25, 0.3) is 11.1 Å². The number of nitrogens with one attached hydrogen (secondary N) is 2. The van der Waals surface area contributed by atoms with E-state index in [0.717, 1.165) is 26.2 Å². The maximum atomic E-state index is 12.4. The van der Waals surface area contributed by atoms with Crippen LogP contribution in [-0.2, 0) is 0 Å². The van der Waals surface area contributed by atoms with E-state index in [2.05, 4.69) is 20.0 Å². The summed E-state index contributed by atoms with van der Waals surface area (Å²) < 4.78 is 28.6. The molecule has 1 aliphatic rings. The van der Waals surface area contributed by atoms with E-state index in [9.17, 15) is 13.6 Å². The highest BCUT2D eigenvalue weighted by molar-refractivity contribution is 5.74. The van der Waals surface area contributed by atoms with Crippen molar-refractivity contribution in [3.8, 4) is 16.9 Å². The van der Waals surface area contributed by atoms with Crippen LogP contribution in [0.15, 0.2) is 29.1 Å². The molecule has 1 aromatic heterocycles. The Morgan fingerprint density at radius 3 is 2.46 bits per heavy atom. The highest BCUT2D eigenvalue weighted by Gasteiger charge is 2.17. The first kappa shape index (κ1) is 16.2. The molecule has 0 aliphatic carbocycles. The van der Waals surface area contributed by atoms with Gasteiger partial charge in [0.15, 0.2) is 0 Å². The number of nitrogen functional groups attached to an aromatic ring is 1. The average molecular weight is 337 g/mol. The van der Waals surface area contributed by atoms with Crippen molar-refractivity contribution >= 4 is 11.8 Å². The van der Waals surface area contributed by atoms with E-state index in [-0.39, 0.29) is 22.7 Å². The number of benzene rings is 1. The summed E-state index contributed by atoms with van der Waals surface area (Å²) in [6.45, 7) is 0.154. The zero-order chi connectivity index (χ0) is 17.1. The maximum Gasteiger partial charge on any atom is 0.387 e. The molecule has 1 aromatic carbocycles. The summed E-state index contributed by atoms with van der Waals surface area (Å²) in [7, 11) is 0. The zero-order valence-corrected chi connectivity index (χ0v) is 12.8. The Kier molecular flexibility index (Phi) is 4.61. The number of ether oxygens (including phenoxy) is 1. The number of H-pyrrole nitrogens is 1. The Bertz CT molecular complexity index is 757. The predicted octanol–water partition coefficient (Wildman–Crippen LogP) is 1.03. The summed E-state index contributed by atoms with van der Waals surface area (Å²) in [6, 6.07) is 5.69. The first-order valence-electron chi connectivity index (χ1n) is 7.45. The van der Waals surface area contributed by atoms with Crippen LogP contribution in [-0.4, -0.2) is 42.8 Å². The third-order valence-corrected chi connectivity index (χ3v) is 3.72. The van der Waals surface area contributed by atoms with Gasteiger partial charge in [-0.3, -0.25) is 9.78 Å². The number of aromatic nitrogens is 2. The molecular formula is C15H17F2N5O2. The highest BCUT2D eigenvalue weighted by atomic mass is 19.3. The monoisotopic (exact) mass is 337 g/mol. The highest BCUT2D eigenvalue weighted by Crippen LogP contribution is 2.25. The number of aromatic amines is 1. The van der Waals surface area contributed by atoms with Crippen LogP contribution in [0.1, 0.15) is 0 Å². The number of rotatable bonds is 4. The molecule has 2 aromatic rings. The van der Waals surface area contributed by atoms with Crippen molar-refractivity contribution in [1.82, 2.24) is 15.3 Å². The van der Waals surface area contributed by atoms with E-state index in [0.29, 0.717) is 11.5 Å². The number of nitrogens with two attached hydrogens (primary N) is 1. The molecule has 0 bridgehead atoms. The van der Waals surface area contributed by atoms with E-state index in [1.165, 1.54) is 24.3 Å². The lowest BCUT2D eigenvalue weighted by atomic mass is 10.1. The Balaban J connectivity index is 1.89. The Morgan fingerprint density at radius 2 is 1.88 bits per heavy atom. The van der Waals surface area contributed by atoms with Gasteiger partial charge in [-0.2, -0.15) is 13.8 Å². The smallest absolute Gasteiger partial charge is 0.387 e. The van der Waals surface area contributed by atoms with E-state index in [1.807, 2.05) is 4.90 Å². The van der Waals surface area contributed by atoms with Gasteiger partial charge < -0.3 is 20.7 Å². The Labute approximate surface area is 136 Å². The van der Waals surface area contributed by atoms with Gasteiger partial charge in [0.05, 0.1) is 5.56 Å². The second-order valence-electron chi connectivity index (χ2n) is 5.29. The predicted molar refractivity (Wildman–Crippen MR) is 86.4 cm³/mol. The molecule has 4 N–H and O–H groups in total. The van der Waals surface area contributed by atoms with E-state index >= 15 is 0 Å². The number of alkyl halides is 2. The van der Waals surface area contributed by atoms with Crippen LogP contribution in [0, 0.1) is 0 Å². The standard InChI is InChI=1S/C15H17F2N5O2/c16-14(17)24-10-3-1-9(2-4-10)11-12(18)20-15(21-13(11)23)22-7-5-19-6-8-22/h1-4,14,19H,5-8H2,(H3,18,20,21,23). The minimum absolute atomic E-state index is 0.00847. The van der Waals surface area contributed by atoms with Gasteiger partial charge in [-0.1, -0.05) is 12.1 Å². The van der Waals surface area contributed by atoms with Crippen molar-refractivity contribution in [3.05, 3.63) is 34.6 Å². The van der Waals surface area contributed by atoms with Crippen molar-refractivity contribution in [2.24, 2.45) is 0 Å². The molecule has 0 radical (unpaired) electrons. The fourth-order valence-corrected chi connectivity index (χ4v) is 2.59. The fraction of sp³-hybridized carbons (Fsp3) is 0.333. The quantitative estimate of drug-likeness (QED) is 0.771. The molecule has 1 saturated heterocycles. The van der Waals surface area contributed by atoms with E-state index in [1.54, 1.807) is 0 Å². The number of hydrogen-bond acceptors (Lipinski definition) is 6. The van der Waals surface area contributed by atoms with Gasteiger partial charge in [-0.05, 0) is 17.7 Å². The van der Waals surface area contributed by atoms with Crippen molar-refractivity contribution in [1.29, 1.82) is 0 Å². The summed E-state index contributed by atoms with van der Waals surface area (Å²) in [4.78, 5) is 21.3. The number of piperazine rings is 1. The van der Waals surface area contributed by atoms with Crippen molar-refractivity contribution < 1.29 is 13.5 Å². The molecule has 0 unspecified atom stereocenters. The van der Waals surface area contributed by atoms with Gasteiger partial charge >= 0.3 is 6.61 Å². The molecule has 128 valence electrons. The van der Waals surface area contributed by atoms with Gasteiger partial charge in [0.1, 0.15) is 11.6 Å². The molecule has 0 amide bonds. The molecule has 0 saturated carbocycles. The minimum atomic E-state index is -2.90. The van der Waals surface area contributed by atoms with Gasteiger partial charge in [0.2, 0.25) is 5.95 Å². The lowest BCUT2D eigenvalue weighted by Gasteiger charge is -2.28. The second kappa shape index (κ2) is 6.83. The summed E-state index contributed by atoms with van der Waals surface area (Å²) in [5, 5.41) is 3.21. The first-order valence-corrected chi connectivity index (χ1v) is 7.45. The second-order valence-corrected chi connectivity index (χ2v) is 5.29. The van der Waals surface area contributed by atoms with Gasteiger partial charge in [0, 0.05) is 26.2 Å². The van der Waals surface area contributed by atoms with Crippen LogP contribution in [0.2, 0.25) is 0 Å². The van der Waals surface area contributed by atoms with Crippen LogP contribution < -0.4 is 26.2 Å². The molecule has 1 aliphatic heterocycles. The molecule has 2 heterocycles. The lowest BCUT2D eigenvalue weighted by molar-refractivity contribution is -0.0498. The molecule has 24 heavy (non-hydrogen) atoms. The lowest BCUT2D eigenvalue weighted by Crippen LogP contribution is -2.44. The maximum absolute atomic E-state index is 12.4. The number of halogens is 2. The third kappa shape index (κ3) is 3.46. The summed E-state index contributed by atoms with van der Waals surface area (Å²) in [5.41, 5.74) is 6.27. The molecule has 9 heteroatoms. The van der Waals surface area contributed by atoms with E-state index in [4.69, 9.17) is 5.73 Å². The molecule has 3 rings (SSSR count). The number of anilines is 2. The Morgan fingerprint density at radius 1 is 1.21 bits per heavy atom. The zero-order valence-electron chi connectivity index (χ0n) is 12.8. The molecule has 1 fully saturated rings. The molecule has 0 spiro atoms. The fourth-order valence-electron chi connectivity index (χ4n) is 2.59. The minimum Gasteiger partial charge on any atom is -0.435 e. The van der Waals surface area contributed by atoms with Crippen molar-refractivity contribution in [2.75, 3.05) is 36.8 Å². The van der Waals surface area contributed by atoms with Crippen molar-refractivity contribution in [3.63, 3.8) is 0 Å². The molecule has 7 nitrogen and oxygen atoms in total. The first-order chi connectivity index (χ1) is 11.5. The summed E-state index contributed by atoms with van der Waals surface area (Å²) in [6.07, 6.45) is 0. The van der Waals surface area contributed by atoms with Crippen LogP contribution in [0.4, 0.5) is 20.5 Å². The molecular weight excluding hydrogens is 320 g/mol. The summed E-state index contributed by atoms with van der Waals surface area (Å²) in [5.74, 6) is 0.532. The van der Waals surface area contributed by atoms with E-state index < -0.39 is 6.61 Å². The van der Waals surface area contributed by atoms with Gasteiger partial charge in [-0.15, -0.1) is 0 Å². The van der Waals surface area contributed by atoms with Crippen LogP contribution in [0.3, 0.4) is 0 Å². The van der Waals surface area contributed by atoms with Crippen LogP contribution in [0.5, 0.6) is 5.75 Å². The topological polar surface area (TPSA) is 96.3 Å². The van der Waals surface area contributed by atoms with Crippen molar-refractivity contribution in [2.45, 2.75) is 6.61 Å². The largest absolute Gasteiger partial charge is 0.435 e. The SMILES string of the molecule is Nc1nc(N2CCNCC2)[nH]c(=O)c1-c1ccc(OC(F)F)cc1. The Hall–Kier alpha value is -2.68. The third-order valence-electron chi connectivity index (χ3n) is 3.72. The normalized spacial score (nSPS) is 14.9. The average Bonchev–Trinajstić information content (AvgIpc) is 2.56. The number of hydrogen-bond donors (Lipinski definition) is 3. The van der Waals surface area contributed by atoms with Crippen LogP contribution >= 0.6 is 0 Å². The van der Waals surface area contributed by atoms with Gasteiger partial charge in [-0.25, -0.2) is 0 Å². The number of nitrogens with zero attached hydrogens (tertiary/aromatic N) is 2. The molecule has 0 atom stereocenters.